The van der Waals surface area contributed by atoms with Crippen LogP contribution in [0.2, 0.25) is 5.28 Å². The van der Waals surface area contributed by atoms with Crippen LogP contribution in [0.5, 0.6) is 5.75 Å². The van der Waals surface area contributed by atoms with Crippen molar-refractivity contribution < 1.29 is 9.53 Å². The van der Waals surface area contributed by atoms with Crippen LogP contribution in [0, 0.1) is 5.41 Å². The number of benzene rings is 1. The van der Waals surface area contributed by atoms with E-state index in [1.165, 1.54) is 0 Å². The minimum Gasteiger partial charge on any atom is -0.497 e. The molecule has 0 atom stereocenters. The molecule has 2 aromatic rings. The molecule has 0 radical (unpaired) electrons. The summed E-state index contributed by atoms with van der Waals surface area (Å²) >= 11 is 5.90. The van der Waals surface area contributed by atoms with Gasteiger partial charge in [0.2, 0.25) is 11.2 Å². The van der Waals surface area contributed by atoms with Crippen molar-refractivity contribution in [3.05, 3.63) is 46.9 Å². The zero-order valence-electron chi connectivity index (χ0n) is 15.6. The first-order chi connectivity index (χ1) is 12.3. The molecule has 0 bridgehead atoms. The molecule has 1 heterocycles. The lowest BCUT2D eigenvalue weighted by Gasteiger charge is -2.20. The Balaban J connectivity index is 1.95. The highest BCUT2D eigenvalue weighted by molar-refractivity contribution is 6.28. The average Bonchev–Trinajstić information content (AvgIpc) is 2.59. The highest BCUT2D eigenvalue weighted by Gasteiger charge is 2.13. The number of ether oxygens (including phenoxy) is 1. The van der Waals surface area contributed by atoms with Crippen molar-refractivity contribution in [2.24, 2.45) is 5.41 Å². The molecule has 0 unspecified atom stereocenters. The number of carbonyl (C=O) groups is 1. The third kappa shape index (κ3) is 6.52. The summed E-state index contributed by atoms with van der Waals surface area (Å²) in [5.74, 6) is 1.33. The van der Waals surface area contributed by atoms with Gasteiger partial charge in [-0.25, -0.2) is 9.97 Å². The molecule has 2 N–H and O–H groups in total. The summed E-state index contributed by atoms with van der Waals surface area (Å²) in [5.41, 5.74) is 1.80. The molecule has 140 valence electrons. The summed E-state index contributed by atoms with van der Waals surface area (Å²) in [5, 5.41) is 6.35. The number of halogens is 1. The molecule has 0 spiro atoms. The molecule has 26 heavy (non-hydrogen) atoms. The van der Waals surface area contributed by atoms with Crippen molar-refractivity contribution in [2.75, 3.05) is 19.0 Å². The molecule has 1 amide bonds. The van der Waals surface area contributed by atoms with Crippen LogP contribution in [-0.2, 0) is 17.8 Å². The topological polar surface area (TPSA) is 76.1 Å². The Kier molecular flexibility index (Phi) is 6.80. The lowest BCUT2D eigenvalue weighted by atomic mass is 9.97. The van der Waals surface area contributed by atoms with Gasteiger partial charge in [0, 0.05) is 24.8 Å². The Labute approximate surface area is 159 Å². The standard InChI is InChI=1S/C19H25ClN4O2/c1-19(2,3)12-23-17-14(11-22-18(20)24-17)10-21-16(25)9-13-5-7-15(26-4)8-6-13/h5-8,11H,9-10,12H2,1-4H3,(H,21,25)(H,22,23,24). The van der Waals surface area contributed by atoms with Gasteiger partial charge in [0.05, 0.1) is 13.5 Å². The van der Waals surface area contributed by atoms with E-state index in [9.17, 15) is 4.79 Å². The van der Waals surface area contributed by atoms with Crippen molar-refractivity contribution in [1.82, 2.24) is 15.3 Å². The summed E-state index contributed by atoms with van der Waals surface area (Å²) in [4.78, 5) is 20.5. The second kappa shape index (κ2) is 8.85. The minimum absolute atomic E-state index is 0.0770. The summed E-state index contributed by atoms with van der Waals surface area (Å²) in [6, 6.07) is 7.43. The smallest absolute Gasteiger partial charge is 0.224 e. The summed E-state index contributed by atoms with van der Waals surface area (Å²) in [7, 11) is 1.61. The molecule has 0 fully saturated rings. The van der Waals surface area contributed by atoms with E-state index in [4.69, 9.17) is 16.3 Å². The van der Waals surface area contributed by atoms with Crippen LogP contribution in [0.1, 0.15) is 31.9 Å². The molecule has 0 saturated heterocycles. The van der Waals surface area contributed by atoms with E-state index in [1.54, 1.807) is 13.3 Å². The van der Waals surface area contributed by atoms with Gasteiger partial charge in [-0.1, -0.05) is 32.9 Å². The quantitative estimate of drug-likeness (QED) is 0.724. The zero-order valence-corrected chi connectivity index (χ0v) is 16.4. The Morgan fingerprint density at radius 3 is 2.54 bits per heavy atom. The number of nitrogens with zero attached hydrogens (tertiary/aromatic N) is 2. The van der Waals surface area contributed by atoms with Crippen LogP contribution >= 0.6 is 11.6 Å². The Hall–Kier alpha value is -2.34. The largest absolute Gasteiger partial charge is 0.497 e. The summed E-state index contributed by atoms with van der Waals surface area (Å²) in [6.07, 6.45) is 1.93. The third-order valence-corrected chi connectivity index (χ3v) is 3.80. The van der Waals surface area contributed by atoms with Crippen LogP contribution < -0.4 is 15.4 Å². The first-order valence-electron chi connectivity index (χ1n) is 8.42. The second-order valence-corrected chi connectivity index (χ2v) is 7.57. The van der Waals surface area contributed by atoms with Crippen molar-refractivity contribution >= 4 is 23.3 Å². The highest BCUT2D eigenvalue weighted by Crippen LogP contribution is 2.18. The third-order valence-electron chi connectivity index (χ3n) is 3.62. The first kappa shape index (κ1) is 20.0. The number of hydrogen-bond donors (Lipinski definition) is 2. The van der Waals surface area contributed by atoms with Crippen LogP contribution in [0.3, 0.4) is 0 Å². The molecule has 0 aliphatic carbocycles. The maximum absolute atomic E-state index is 12.2. The van der Waals surface area contributed by atoms with E-state index < -0.39 is 0 Å². The number of carbonyl (C=O) groups excluding carboxylic acids is 1. The van der Waals surface area contributed by atoms with Crippen LogP contribution in [0.4, 0.5) is 5.82 Å². The van der Waals surface area contributed by atoms with Crippen molar-refractivity contribution in [3.63, 3.8) is 0 Å². The maximum atomic E-state index is 12.2. The molecular formula is C19H25ClN4O2. The lowest BCUT2D eigenvalue weighted by molar-refractivity contribution is -0.120. The maximum Gasteiger partial charge on any atom is 0.224 e. The van der Waals surface area contributed by atoms with Gasteiger partial charge in [-0.3, -0.25) is 4.79 Å². The van der Waals surface area contributed by atoms with E-state index >= 15 is 0 Å². The molecule has 7 heteroatoms. The van der Waals surface area contributed by atoms with E-state index in [1.807, 2.05) is 24.3 Å². The Morgan fingerprint density at radius 1 is 1.23 bits per heavy atom. The van der Waals surface area contributed by atoms with Crippen LogP contribution in [0.25, 0.3) is 0 Å². The van der Waals surface area contributed by atoms with E-state index in [0.29, 0.717) is 18.8 Å². The van der Waals surface area contributed by atoms with Gasteiger partial charge < -0.3 is 15.4 Å². The number of amides is 1. The summed E-state index contributed by atoms with van der Waals surface area (Å²) in [6.45, 7) is 7.43. The monoisotopic (exact) mass is 376 g/mol. The Bertz CT molecular complexity index is 742. The molecular weight excluding hydrogens is 352 g/mol. The predicted molar refractivity (Wildman–Crippen MR) is 104 cm³/mol. The molecule has 0 aliphatic rings. The van der Waals surface area contributed by atoms with E-state index in [0.717, 1.165) is 23.4 Å². The number of anilines is 1. The molecule has 1 aromatic carbocycles. The normalized spacial score (nSPS) is 11.1. The van der Waals surface area contributed by atoms with Crippen LogP contribution in [0.15, 0.2) is 30.5 Å². The molecule has 6 nitrogen and oxygen atoms in total. The SMILES string of the molecule is COc1ccc(CC(=O)NCc2cnc(Cl)nc2NCC(C)(C)C)cc1. The van der Waals surface area contributed by atoms with Gasteiger partial charge in [0.25, 0.3) is 0 Å². The fraction of sp³-hybridized carbons (Fsp3) is 0.421. The highest BCUT2D eigenvalue weighted by atomic mass is 35.5. The number of aromatic nitrogens is 2. The van der Waals surface area contributed by atoms with Gasteiger partial charge in [0.15, 0.2) is 0 Å². The fourth-order valence-electron chi connectivity index (χ4n) is 2.20. The minimum atomic E-state index is -0.0770. The zero-order chi connectivity index (χ0) is 19.2. The predicted octanol–water partition coefficient (Wildman–Crippen LogP) is 3.46. The van der Waals surface area contributed by atoms with E-state index in [-0.39, 0.29) is 16.6 Å². The number of nitrogens with one attached hydrogen (secondary N) is 2. The molecule has 0 saturated carbocycles. The average molecular weight is 377 g/mol. The number of hydrogen-bond acceptors (Lipinski definition) is 5. The lowest BCUT2D eigenvalue weighted by Crippen LogP contribution is -2.26. The second-order valence-electron chi connectivity index (χ2n) is 7.23. The van der Waals surface area contributed by atoms with Gasteiger partial charge in [-0.05, 0) is 34.7 Å². The fourth-order valence-corrected chi connectivity index (χ4v) is 2.33. The van der Waals surface area contributed by atoms with Gasteiger partial charge in [-0.2, -0.15) is 0 Å². The molecule has 2 rings (SSSR count). The number of methoxy groups -OCH3 is 1. The van der Waals surface area contributed by atoms with E-state index in [2.05, 4.69) is 41.4 Å². The molecule has 0 aliphatic heterocycles. The van der Waals surface area contributed by atoms with Gasteiger partial charge >= 0.3 is 0 Å². The first-order valence-corrected chi connectivity index (χ1v) is 8.79. The summed E-state index contributed by atoms with van der Waals surface area (Å²) < 4.78 is 5.12. The van der Waals surface area contributed by atoms with Crippen molar-refractivity contribution in [1.29, 1.82) is 0 Å². The van der Waals surface area contributed by atoms with Crippen molar-refractivity contribution in [3.8, 4) is 5.75 Å². The van der Waals surface area contributed by atoms with Gasteiger partial charge in [0.1, 0.15) is 11.6 Å². The number of rotatable bonds is 7. The van der Waals surface area contributed by atoms with Crippen molar-refractivity contribution in [2.45, 2.75) is 33.7 Å². The Morgan fingerprint density at radius 2 is 1.92 bits per heavy atom. The molecule has 1 aromatic heterocycles. The van der Waals surface area contributed by atoms with Gasteiger partial charge in [-0.15, -0.1) is 0 Å². The van der Waals surface area contributed by atoms with Crippen LogP contribution in [-0.4, -0.2) is 29.5 Å².